The number of nitrogens with zero attached hydrogens (tertiary/aromatic N) is 2. The Morgan fingerprint density at radius 1 is 0.576 bits per heavy atom. The van der Waals surface area contributed by atoms with Crippen LogP contribution >= 0.6 is 0 Å². The van der Waals surface area contributed by atoms with E-state index in [1.54, 1.807) is 60.7 Å². The largest absolute Gasteiger partial charge is 0.453 e. The van der Waals surface area contributed by atoms with Crippen molar-refractivity contribution in [3.63, 3.8) is 0 Å². The van der Waals surface area contributed by atoms with Crippen molar-refractivity contribution in [3.05, 3.63) is 105 Å². The van der Waals surface area contributed by atoms with E-state index in [1.807, 2.05) is 0 Å². The lowest BCUT2D eigenvalue weighted by Gasteiger charge is -2.16. The van der Waals surface area contributed by atoms with Crippen LogP contribution in [0.25, 0.3) is 22.3 Å². The number of nitrogens with two attached hydrogens (primary N) is 2. The van der Waals surface area contributed by atoms with E-state index < -0.39 is 9.85 Å². The van der Waals surface area contributed by atoms with E-state index in [0.717, 1.165) is 0 Å². The summed E-state index contributed by atoms with van der Waals surface area (Å²) in [6, 6.07) is 22.7. The number of hydrogen-bond donors (Lipinski definition) is 2. The minimum Gasteiger partial charge on any atom is -0.453 e. The number of nitro groups is 2. The second-order valence-corrected chi connectivity index (χ2v) is 7.09. The Hall–Kier alpha value is -4.92. The van der Waals surface area contributed by atoms with Gasteiger partial charge in [-0.3, -0.25) is 20.2 Å². The lowest BCUT2D eigenvalue weighted by atomic mass is 10.0. The second kappa shape index (κ2) is 8.67. The van der Waals surface area contributed by atoms with Crippen LogP contribution in [0.2, 0.25) is 0 Å². The molecule has 9 heteroatoms. The van der Waals surface area contributed by atoms with Crippen LogP contribution in [0.3, 0.4) is 0 Å². The predicted octanol–water partition coefficient (Wildman–Crippen LogP) is 5.79. The molecule has 0 saturated carbocycles. The molecule has 0 spiro atoms. The molecule has 0 aliphatic carbocycles. The lowest BCUT2D eigenvalue weighted by molar-refractivity contribution is -0.384. The third-order valence-electron chi connectivity index (χ3n) is 5.11. The van der Waals surface area contributed by atoms with Crippen LogP contribution in [0.4, 0.5) is 22.7 Å². The first-order chi connectivity index (χ1) is 15.9. The van der Waals surface area contributed by atoms with Crippen LogP contribution in [0.5, 0.6) is 11.5 Å². The van der Waals surface area contributed by atoms with Crippen molar-refractivity contribution in [2.24, 2.45) is 0 Å². The fourth-order valence-electron chi connectivity index (χ4n) is 3.59. The van der Waals surface area contributed by atoms with Gasteiger partial charge in [-0.15, -0.1) is 0 Å². The molecule has 0 amide bonds. The Balaban J connectivity index is 1.85. The fourth-order valence-corrected chi connectivity index (χ4v) is 3.59. The van der Waals surface area contributed by atoms with E-state index in [9.17, 15) is 20.2 Å². The van der Waals surface area contributed by atoms with E-state index in [1.165, 1.54) is 24.3 Å². The molecular formula is C24H18N4O5. The van der Waals surface area contributed by atoms with Gasteiger partial charge in [0, 0.05) is 12.1 Å². The molecule has 4 rings (SSSR count). The van der Waals surface area contributed by atoms with Crippen molar-refractivity contribution in [1.29, 1.82) is 0 Å². The molecule has 0 radical (unpaired) electrons. The summed E-state index contributed by atoms with van der Waals surface area (Å²) in [6.07, 6.45) is 0. The van der Waals surface area contributed by atoms with Crippen LogP contribution in [-0.4, -0.2) is 9.85 Å². The summed E-state index contributed by atoms with van der Waals surface area (Å²) in [6.45, 7) is 0. The van der Waals surface area contributed by atoms with Gasteiger partial charge in [0.25, 0.3) is 11.4 Å². The van der Waals surface area contributed by atoms with E-state index >= 15 is 0 Å². The Labute approximate surface area is 188 Å². The smallest absolute Gasteiger partial charge is 0.279 e. The van der Waals surface area contributed by atoms with Gasteiger partial charge < -0.3 is 16.2 Å². The minimum atomic E-state index is -0.518. The lowest BCUT2D eigenvalue weighted by Crippen LogP contribution is -2.03. The standard InChI is InChI=1S/C24H18N4O5/c25-23-19(13-11-17(27(29)30)21(23)15-7-3-1-4-8-15)33-20-14-12-18(28(31)32)22(24(20)26)16-9-5-2-6-10-16/h1-14H,25-26H2. The molecule has 33 heavy (non-hydrogen) atoms. The fraction of sp³-hybridized carbons (Fsp3) is 0. The van der Waals surface area contributed by atoms with Crippen molar-refractivity contribution in [1.82, 2.24) is 0 Å². The highest BCUT2D eigenvalue weighted by atomic mass is 16.6. The molecule has 9 nitrogen and oxygen atoms in total. The number of ether oxygens (including phenoxy) is 1. The van der Waals surface area contributed by atoms with Gasteiger partial charge >= 0.3 is 0 Å². The highest BCUT2D eigenvalue weighted by Gasteiger charge is 2.25. The highest BCUT2D eigenvalue weighted by Crippen LogP contribution is 2.45. The molecule has 4 aromatic carbocycles. The maximum Gasteiger partial charge on any atom is 0.279 e. The van der Waals surface area contributed by atoms with Crippen molar-refractivity contribution < 1.29 is 14.6 Å². The number of benzene rings is 4. The van der Waals surface area contributed by atoms with Crippen molar-refractivity contribution in [3.8, 4) is 33.8 Å². The van der Waals surface area contributed by atoms with Crippen LogP contribution < -0.4 is 16.2 Å². The van der Waals surface area contributed by atoms with E-state index in [-0.39, 0.29) is 45.4 Å². The summed E-state index contributed by atoms with van der Waals surface area (Å²) in [4.78, 5) is 22.2. The molecule has 0 aliphatic heterocycles. The zero-order valence-corrected chi connectivity index (χ0v) is 17.2. The van der Waals surface area contributed by atoms with Gasteiger partial charge in [-0.1, -0.05) is 60.7 Å². The molecule has 0 heterocycles. The third-order valence-corrected chi connectivity index (χ3v) is 5.11. The summed E-state index contributed by atoms with van der Waals surface area (Å²) in [5.74, 6) is 0.276. The third kappa shape index (κ3) is 4.02. The summed E-state index contributed by atoms with van der Waals surface area (Å²) in [5.41, 5.74) is 13.9. The molecule has 0 bridgehead atoms. The molecule has 0 saturated heterocycles. The van der Waals surface area contributed by atoms with E-state index in [0.29, 0.717) is 11.1 Å². The Morgan fingerprint density at radius 3 is 1.27 bits per heavy atom. The number of anilines is 2. The number of nitrogen functional groups attached to an aromatic ring is 2. The van der Waals surface area contributed by atoms with Crippen LogP contribution in [0.1, 0.15) is 0 Å². The SMILES string of the molecule is Nc1c(Oc2ccc([N+](=O)[O-])c(-c3ccccc3)c2N)ccc([N+](=O)[O-])c1-c1ccccc1. The highest BCUT2D eigenvalue weighted by molar-refractivity contribution is 5.90. The average Bonchev–Trinajstić information content (AvgIpc) is 2.82. The molecule has 0 atom stereocenters. The Morgan fingerprint density at radius 2 is 0.939 bits per heavy atom. The van der Waals surface area contributed by atoms with E-state index in [4.69, 9.17) is 16.2 Å². The molecule has 0 unspecified atom stereocenters. The van der Waals surface area contributed by atoms with E-state index in [2.05, 4.69) is 0 Å². The molecule has 0 aromatic heterocycles. The summed E-state index contributed by atoms with van der Waals surface area (Å²) in [7, 11) is 0. The zero-order chi connectivity index (χ0) is 23.5. The monoisotopic (exact) mass is 442 g/mol. The van der Waals surface area contributed by atoms with Gasteiger partial charge in [0.15, 0.2) is 11.5 Å². The number of rotatable bonds is 6. The number of nitro benzene ring substituents is 2. The topological polar surface area (TPSA) is 148 Å². The number of hydrogen-bond acceptors (Lipinski definition) is 7. The maximum absolute atomic E-state index is 11.6. The van der Waals surface area contributed by atoms with Gasteiger partial charge in [-0.2, -0.15) is 0 Å². The van der Waals surface area contributed by atoms with Crippen LogP contribution in [0, 0.1) is 20.2 Å². The second-order valence-electron chi connectivity index (χ2n) is 7.09. The quantitative estimate of drug-likeness (QED) is 0.218. The summed E-state index contributed by atoms with van der Waals surface area (Å²) < 4.78 is 5.94. The van der Waals surface area contributed by atoms with Gasteiger partial charge in [0.05, 0.1) is 32.3 Å². The zero-order valence-electron chi connectivity index (χ0n) is 17.2. The normalized spacial score (nSPS) is 10.5. The Bertz CT molecular complexity index is 1250. The minimum absolute atomic E-state index is 0.0504. The average molecular weight is 442 g/mol. The van der Waals surface area contributed by atoms with Crippen molar-refractivity contribution in [2.75, 3.05) is 11.5 Å². The molecule has 0 aliphatic rings. The van der Waals surface area contributed by atoms with Crippen molar-refractivity contribution in [2.45, 2.75) is 0 Å². The van der Waals surface area contributed by atoms with Gasteiger partial charge in [-0.25, -0.2) is 0 Å². The first kappa shape index (κ1) is 21.3. The van der Waals surface area contributed by atoms with Gasteiger partial charge in [-0.05, 0) is 23.3 Å². The first-order valence-electron chi connectivity index (χ1n) is 9.81. The predicted molar refractivity (Wildman–Crippen MR) is 126 cm³/mol. The van der Waals surface area contributed by atoms with Crippen molar-refractivity contribution >= 4 is 22.7 Å². The Kier molecular flexibility index (Phi) is 5.60. The molecule has 4 N–H and O–H groups in total. The van der Waals surface area contributed by atoms with Crippen LogP contribution in [0.15, 0.2) is 84.9 Å². The van der Waals surface area contributed by atoms with Gasteiger partial charge in [0.1, 0.15) is 0 Å². The molecule has 4 aromatic rings. The molecular weight excluding hydrogens is 424 g/mol. The first-order valence-corrected chi connectivity index (χ1v) is 9.81. The summed E-state index contributed by atoms with van der Waals surface area (Å²) in [5, 5.41) is 23.2. The molecule has 164 valence electrons. The summed E-state index contributed by atoms with van der Waals surface area (Å²) >= 11 is 0. The molecule has 0 fully saturated rings. The maximum atomic E-state index is 11.6. The van der Waals surface area contributed by atoms with Crippen LogP contribution in [-0.2, 0) is 0 Å². The van der Waals surface area contributed by atoms with Gasteiger partial charge in [0.2, 0.25) is 0 Å².